The van der Waals surface area contributed by atoms with Crippen LogP contribution in [0.3, 0.4) is 0 Å². The Balaban J connectivity index is 2.62. The average Bonchev–Trinajstić information content (AvgIpc) is 2.49. The first-order valence-electron chi connectivity index (χ1n) is 4.65. The van der Waals surface area contributed by atoms with Gasteiger partial charge in [0.25, 0.3) is 5.89 Å². The topological polar surface area (TPSA) is 38.9 Å². The quantitative estimate of drug-likeness (QED) is 0.720. The maximum atomic E-state index is 13.1. The van der Waals surface area contributed by atoms with Gasteiger partial charge in [0.2, 0.25) is 0 Å². The predicted molar refractivity (Wildman–Crippen MR) is 53.9 cm³/mol. The number of halogens is 1. The third kappa shape index (κ3) is 1.75. The molecule has 0 atom stereocenters. The van der Waals surface area contributed by atoms with E-state index in [9.17, 15) is 4.39 Å². The van der Waals surface area contributed by atoms with E-state index in [1.165, 1.54) is 12.1 Å². The summed E-state index contributed by atoms with van der Waals surface area (Å²) in [5, 5.41) is 3.72. The minimum Gasteiger partial charge on any atom is -0.334 e. The van der Waals surface area contributed by atoms with Crippen LogP contribution >= 0.6 is 0 Å². The maximum absolute atomic E-state index is 13.1. The summed E-state index contributed by atoms with van der Waals surface area (Å²) in [6.45, 7) is 5.40. The van der Waals surface area contributed by atoms with E-state index in [1.807, 2.05) is 13.8 Å². The van der Waals surface area contributed by atoms with Gasteiger partial charge in [-0.05, 0) is 44.0 Å². The molecular formula is C11H11FN2O. The van der Waals surface area contributed by atoms with E-state index < -0.39 is 0 Å². The molecule has 1 aromatic carbocycles. The third-order valence-corrected chi connectivity index (χ3v) is 2.24. The van der Waals surface area contributed by atoms with E-state index in [2.05, 4.69) is 10.1 Å². The van der Waals surface area contributed by atoms with Crippen LogP contribution in [-0.2, 0) is 0 Å². The summed E-state index contributed by atoms with van der Waals surface area (Å²) < 4.78 is 18.1. The molecule has 2 aromatic rings. The number of hydrogen-bond donors (Lipinski definition) is 0. The van der Waals surface area contributed by atoms with Gasteiger partial charge in [-0.3, -0.25) is 0 Å². The molecule has 0 amide bonds. The molecule has 0 unspecified atom stereocenters. The molecule has 1 heterocycles. The Morgan fingerprint density at radius 3 is 2.20 bits per heavy atom. The lowest BCUT2D eigenvalue weighted by atomic mass is 10.0. The summed E-state index contributed by atoms with van der Waals surface area (Å²) in [4.78, 5) is 4.13. The van der Waals surface area contributed by atoms with Gasteiger partial charge >= 0.3 is 0 Å². The fraction of sp³-hybridized carbons (Fsp3) is 0.273. The molecule has 15 heavy (non-hydrogen) atoms. The molecule has 0 N–H and O–H groups in total. The fourth-order valence-corrected chi connectivity index (χ4v) is 1.65. The third-order valence-electron chi connectivity index (χ3n) is 2.24. The minimum absolute atomic E-state index is 0.245. The number of nitrogens with zero attached hydrogens (tertiary/aromatic N) is 2. The molecule has 0 fully saturated rings. The largest absolute Gasteiger partial charge is 0.334 e. The molecular weight excluding hydrogens is 195 g/mol. The summed E-state index contributed by atoms with van der Waals surface area (Å²) in [5.74, 6) is 0.778. The molecule has 0 aliphatic rings. The average molecular weight is 206 g/mol. The second-order valence-corrected chi connectivity index (χ2v) is 3.56. The SMILES string of the molecule is Cc1noc(-c2c(C)cc(F)cc2C)n1. The van der Waals surface area contributed by atoms with Crippen molar-refractivity contribution in [2.45, 2.75) is 20.8 Å². The van der Waals surface area contributed by atoms with Gasteiger partial charge in [-0.25, -0.2) is 4.39 Å². The standard InChI is InChI=1S/C11H11FN2O/c1-6-4-9(12)5-7(2)10(6)11-13-8(3)14-15-11/h4-5H,1-3H3. The van der Waals surface area contributed by atoms with Gasteiger partial charge < -0.3 is 4.52 Å². The number of aryl methyl sites for hydroxylation is 3. The van der Waals surface area contributed by atoms with E-state index in [4.69, 9.17) is 4.52 Å². The summed E-state index contributed by atoms with van der Waals surface area (Å²) in [6.07, 6.45) is 0. The van der Waals surface area contributed by atoms with Crippen molar-refractivity contribution in [1.82, 2.24) is 10.1 Å². The Kier molecular flexibility index (Phi) is 2.26. The lowest BCUT2D eigenvalue weighted by Gasteiger charge is -2.04. The molecule has 1 aromatic heterocycles. The highest BCUT2D eigenvalue weighted by Gasteiger charge is 2.13. The molecule has 0 aliphatic heterocycles. The zero-order valence-electron chi connectivity index (χ0n) is 8.84. The molecule has 0 aliphatic carbocycles. The Bertz CT molecular complexity index is 482. The summed E-state index contributed by atoms with van der Waals surface area (Å²) in [5.41, 5.74) is 2.42. The zero-order chi connectivity index (χ0) is 11.0. The maximum Gasteiger partial charge on any atom is 0.258 e. The molecule has 0 saturated carbocycles. The molecule has 0 bridgehead atoms. The highest BCUT2D eigenvalue weighted by molar-refractivity contribution is 5.62. The Hall–Kier alpha value is -1.71. The summed E-state index contributed by atoms with van der Waals surface area (Å²) in [6, 6.07) is 2.92. The van der Waals surface area contributed by atoms with E-state index >= 15 is 0 Å². The Morgan fingerprint density at radius 1 is 1.13 bits per heavy atom. The Morgan fingerprint density at radius 2 is 1.73 bits per heavy atom. The highest BCUT2D eigenvalue weighted by Crippen LogP contribution is 2.26. The monoisotopic (exact) mass is 206 g/mol. The number of aromatic nitrogens is 2. The first-order chi connectivity index (χ1) is 7.08. The van der Waals surface area contributed by atoms with Crippen molar-refractivity contribution >= 4 is 0 Å². The van der Waals surface area contributed by atoms with Crippen molar-refractivity contribution in [3.8, 4) is 11.5 Å². The van der Waals surface area contributed by atoms with Crippen molar-refractivity contribution in [2.24, 2.45) is 0 Å². The number of rotatable bonds is 1. The molecule has 2 rings (SSSR count). The van der Waals surface area contributed by atoms with Gasteiger partial charge in [0, 0.05) is 5.56 Å². The second-order valence-electron chi connectivity index (χ2n) is 3.56. The lowest BCUT2D eigenvalue weighted by molar-refractivity contribution is 0.425. The zero-order valence-corrected chi connectivity index (χ0v) is 8.84. The van der Waals surface area contributed by atoms with Crippen LogP contribution in [0.5, 0.6) is 0 Å². The summed E-state index contributed by atoms with van der Waals surface area (Å²) >= 11 is 0. The number of benzene rings is 1. The smallest absolute Gasteiger partial charge is 0.258 e. The predicted octanol–water partition coefficient (Wildman–Crippen LogP) is 2.80. The molecule has 4 heteroatoms. The van der Waals surface area contributed by atoms with Crippen LogP contribution in [0.2, 0.25) is 0 Å². The highest BCUT2D eigenvalue weighted by atomic mass is 19.1. The molecule has 0 radical (unpaired) electrons. The van der Waals surface area contributed by atoms with Gasteiger partial charge in [0.05, 0.1) is 0 Å². The van der Waals surface area contributed by atoms with E-state index in [0.29, 0.717) is 11.7 Å². The van der Waals surface area contributed by atoms with Crippen molar-refractivity contribution < 1.29 is 8.91 Å². The number of hydrogen-bond acceptors (Lipinski definition) is 3. The van der Waals surface area contributed by atoms with Gasteiger partial charge in [0.15, 0.2) is 5.82 Å². The normalized spacial score (nSPS) is 10.7. The molecule has 3 nitrogen and oxygen atoms in total. The second kappa shape index (κ2) is 3.46. The minimum atomic E-state index is -0.245. The van der Waals surface area contributed by atoms with E-state index in [-0.39, 0.29) is 5.82 Å². The van der Waals surface area contributed by atoms with E-state index in [1.54, 1.807) is 6.92 Å². The van der Waals surface area contributed by atoms with Gasteiger partial charge in [-0.2, -0.15) is 4.98 Å². The van der Waals surface area contributed by atoms with Crippen molar-refractivity contribution in [1.29, 1.82) is 0 Å². The first kappa shape index (κ1) is 9.83. The van der Waals surface area contributed by atoms with Crippen LogP contribution in [0.4, 0.5) is 4.39 Å². The van der Waals surface area contributed by atoms with Gasteiger partial charge in [0.1, 0.15) is 5.82 Å². The van der Waals surface area contributed by atoms with Crippen LogP contribution in [-0.4, -0.2) is 10.1 Å². The van der Waals surface area contributed by atoms with Crippen molar-refractivity contribution in [2.75, 3.05) is 0 Å². The summed E-state index contributed by atoms with van der Waals surface area (Å²) in [7, 11) is 0. The fourth-order valence-electron chi connectivity index (χ4n) is 1.65. The first-order valence-corrected chi connectivity index (χ1v) is 4.65. The van der Waals surface area contributed by atoms with Gasteiger partial charge in [-0.1, -0.05) is 5.16 Å². The van der Waals surface area contributed by atoms with Crippen molar-refractivity contribution in [3.63, 3.8) is 0 Å². The van der Waals surface area contributed by atoms with Crippen LogP contribution in [0.1, 0.15) is 17.0 Å². The van der Waals surface area contributed by atoms with E-state index in [0.717, 1.165) is 16.7 Å². The van der Waals surface area contributed by atoms with Crippen LogP contribution in [0.15, 0.2) is 16.7 Å². The van der Waals surface area contributed by atoms with Crippen LogP contribution < -0.4 is 0 Å². The van der Waals surface area contributed by atoms with Crippen LogP contribution in [0, 0.1) is 26.6 Å². The van der Waals surface area contributed by atoms with Crippen molar-refractivity contribution in [3.05, 3.63) is 34.9 Å². The van der Waals surface area contributed by atoms with Gasteiger partial charge in [-0.15, -0.1) is 0 Å². The lowest BCUT2D eigenvalue weighted by Crippen LogP contribution is -1.90. The van der Waals surface area contributed by atoms with Crippen LogP contribution in [0.25, 0.3) is 11.5 Å². The molecule has 0 saturated heterocycles. The Labute approximate surface area is 86.9 Å². The molecule has 0 spiro atoms. The molecule has 78 valence electrons.